The zero-order valence-electron chi connectivity index (χ0n) is 12.3. The SMILES string of the molecule is COc1cccc(N(C)CCNC(C)c2cccs2)c1. The Morgan fingerprint density at radius 2 is 2.15 bits per heavy atom. The Kier molecular flexibility index (Phi) is 5.44. The van der Waals surface area contributed by atoms with Gasteiger partial charge in [0.2, 0.25) is 0 Å². The average Bonchev–Trinajstić information content (AvgIpc) is 3.01. The van der Waals surface area contributed by atoms with Crippen molar-refractivity contribution in [1.82, 2.24) is 5.32 Å². The highest BCUT2D eigenvalue weighted by Gasteiger charge is 2.06. The van der Waals surface area contributed by atoms with Gasteiger partial charge in [-0.25, -0.2) is 0 Å². The third-order valence-corrected chi connectivity index (χ3v) is 4.42. The van der Waals surface area contributed by atoms with Crippen molar-refractivity contribution in [3.63, 3.8) is 0 Å². The number of benzene rings is 1. The minimum atomic E-state index is 0.411. The topological polar surface area (TPSA) is 24.5 Å². The normalized spacial score (nSPS) is 12.2. The van der Waals surface area contributed by atoms with E-state index in [0.29, 0.717) is 6.04 Å². The van der Waals surface area contributed by atoms with Gasteiger partial charge in [0.05, 0.1) is 7.11 Å². The van der Waals surface area contributed by atoms with Crippen molar-refractivity contribution in [2.75, 3.05) is 32.1 Å². The van der Waals surface area contributed by atoms with E-state index < -0.39 is 0 Å². The van der Waals surface area contributed by atoms with Crippen molar-refractivity contribution in [2.24, 2.45) is 0 Å². The Balaban J connectivity index is 1.81. The first-order valence-electron chi connectivity index (χ1n) is 6.82. The second kappa shape index (κ2) is 7.31. The molecule has 0 bridgehead atoms. The summed E-state index contributed by atoms with van der Waals surface area (Å²) in [5.74, 6) is 0.897. The van der Waals surface area contributed by atoms with Crippen LogP contribution in [-0.4, -0.2) is 27.2 Å². The summed E-state index contributed by atoms with van der Waals surface area (Å²) >= 11 is 1.80. The van der Waals surface area contributed by atoms with Crippen molar-refractivity contribution < 1.29 is 4.74 Å². The van der Waals surface area contributed by atoms with Gasteiger partial charge in [-0.15, -0.1) is 11.3 Å². The van der Waals surface area contributed by atoms with E-state index in [-0.39, 0.29) is 0 Å². The van der Waals surface area contributed by atoms with Crippen LogP contribution in [0.1, 0.15) is 17.8 Å². The zero-order valence-corrected chi connectivity index (χ0v) is 13.1. The van der Waals surface area contributed by atoms with Gasteiger partial charge in [0.1, 0.15) is 5.75 Å². The second-order valence-corrected chi connectivity index (χ2v) is 5.79. The fraction of sp³-hybridized carbons (Fsp3) is 0.375. The molecule has 0 saturated heterocycles. The average molecular weight is 290 g/mol. The van der Waals surface area contributed by atoms with Crippen LogP contribution in [0.2, 0.25) is 0 Å². The van der Waals surface area contributed by atoms with E-state index in [0.717, 1.165) is 18.8 Å². The Morgan fingerprint density at radius 1 is 1.30 bits per heavy atom. The van der Waals surface area contributed by atoms with E-state index >= 15 is 0 Å². The molecule has 1 unspecified atom stereocenters. The number of nitrogens with zero attached hydrogens (tertiary/aromatic N) is 1. The molecule has 1 N–H and O–H groups in total. The summed E-state index contributed by atoms with van der Waals surface area (Å²) in [5.41, 5.74) is 1.18. The third kappa shape index (κ3) is 3.99. The van der Waals surface area contributed by atoms with Crippen LogP contribution in [0.4, 0.5) is 5.69 Å². The first kappa shape index (κ1) is 14.9. The van der Waals surface area contributed by atoms with E-state index in [1.807, 2.05) is 12.1 Å². The number of thiophene rings is 1. The molecule has 1 aromatic heterocycles. The van der Waals surface area contributed by atoms with Gasteiger partial charge in [-0.3, -0.25) is 0 Å². The highest BCUT2D eigenvalue weighted by molar-refractivity contribution is 7.10. The van der Waals surface area contributed by atoms with Crippen LogP contribution in [-0.2, 0) is 0 Å². The zero-order chi connectivity index (χ0) is 14.4. The Labute approximate surface area is 125 Å². The van der Waals surface area contributed by atoms with E-state index in [1.54, 1.807) is 18.4 Å². The lowest BCUT2D eigenvalue weighted by molar-refractivity contribution is 0.415. The van der Waals surface area contributed by atoms with Crippen LogP contribution < -0.4 is 15.0 Å². The highest BCUT2D eigenvalue weighted by Crippen LogP contribution is 2.20. The predicted octanol–water partition coefficient (Wildman–Crippen LogP) is 3.54. The quantitative estimate of drug-likeness (QED) is 0.844. The summed E-state index contributed by atoms with van der Waals surface area (Å²) in [6.07, 6.45) is 0. The van der Waals surface area contributed by atoms with Gasteiger partial charge < -0.3 is 15.0 Å². The molecule has 108 valence electrons. The van der Waals surface area contributed by atoms with Crippen LogP contribution in [0.3, 0.4) is 0 Å². The first-order valence-corrected chi connectivity index (χ1v) is 7.70. The van der Waals surface area contributed by atoms with Gasteiger partial charge in [-0.05, 0) is 30.5 Å². The van der Waals surface area contributed by atoms with Crippen molar-refractivity contribution in [3.05, 3.63) is 46.7 Å². The van der Waals surface area contributed by atoms with Crippen molar-refractivity contribution in [3.8, 4) is 5.75 Å². The molecule has 0 spiro atoms. The van der Waals surface area contributed by atoms with E-state index in [4.69, 9.17) is 4.74 Å². The number of likely N-dealkylation sites (N-methyl/N-ethyl adjacent to an activating group) is 1. The van der Waals surface area contributed by atoms with Gasteiger partial charge in [-0.1, -0.05) is 12.1 Å². The third-order valence-electron chi connectivity index (χ3n) is 3.36. The van der Waals surface area contributed by atoms with Crippen LogP contribution >= 0.6 is 11.3 Å². The number of hydrogen-bond donors (Lipinski definition) is 1. The van der Waals surface area contributed by atoms with Crippen LogP contribution in [0.25, 0.3) is 0 Å². The molecular weight excluding hydrogens is 268 g/mol. The second-order valence-electron chi connectivity index (χ2n) is 4.81. The molecule has 0 aliphatic heterocycles. The Morgan fingerprint density at radius 3 is 2.85 bits per heavy atom. The lowest BCUT2D eigenvalue weighted by atomic mass is 10.2. The Hall–Kier alpha value is -1.52. The molecule has 2 aromatic rings. The van der Waals surface area contributed by atoms with E-state index in [1.165, 1.54) is 10.6 Å². The molecule has 0 aliphatic carbocycles. The molecule has 2 rings (SSSR count). The maximum atomic E-state index is 5.26. The van der Waals surface area contributed by atoms with Gasteiger partial charge in [0.25, 0.3) is 0 Å². The largest absolute Gasteiger partial charge is 0.497 e. The van der Waals surface area contributed by atoms with Gasteiger partial charge in [0, 0.05) is 42.8 Å². The molecule has 20 heavy (non-hydrogen) atoms. The van der Waals surface area contributed by atoms with Crippen molar-refractivity contribution in [1.29, 1.82) is 0 Å². The summed E-state index contributed by atoms with van der Waals surface area (Å²) in [6, 6.07) is 12.8. The molecule has 1 aromatic carbocycles. The Bertz CT molecular complexity index is 513. The number of anilines is 1. The summed E-state index contributed by atoms with van der Waals surface area (Å²) in [5, 5.41) is 5.67. The van der Waals surface area contributed by atoms with Gasteiger partial charge in [-0.2, -0.15) is 0 Å². The summed E-state index contributed by atoms with van der Waals surface area (Å²) in [4.78, 5) is 3.62. The van der Waals surface area contributed by atoms with Crippen molar-refractivity contribution in [2.45, 2.75) is 13.0 Å². The molecular formula is C16H22N2OS. The first-order chi connectivity index (χ1) is 9.70. The minimum Gasteiger partial charge on any atom is -0.497 e. The molecule has 0 fully saturated rings. The maximum Gasteiger partial charge on any atom is 0.120 e. The fourth-order valence-corrected chi connectivity index (χ4v) is 2.82. The smallest absolute Gasteiger partial charge is 0.120 e. The monoisotopic (exact) mass is 290 g/mol. The maximum absolute atomic E-state index is 5.26. The number of nitrogens with one attached hydrogen (secondary N) is 1. The van der Waals surface area contributed by atoms with Crippen LogP contribution in [0.15, 0.2) is 41.8 Å². The molecule has 1 heterocycles. The fourth-order valence-electron chi connectivity index (χ4n) is 2.06. The van der Waals surface area contributed by atoms with Crippen LogP contribution in [0.5, 0.6) is 5.75 Å². The van der Waals surface area contributed by atoms with Crippen molar-refractivity contribution >= 4 is 17.0 Å². The standard InChI is InChI=1S/C16H22N2OS/c1-13(16-8-5-11-20-16)17-9-10-18(2)14-6-4-7-15(12-14)19-3/h4-8,11-13,17H,9-10H2,1-3H3. The number of ether oxygens (including phenoxy) is 1. The molecule has 3 nitrogen and oxygen atoms in total. The van der Waals surface area contributed by atoms with E-state index in [9.17, 15) is 0 Å². The van der Waals surface area contributed by atoms with Gasteiger partial charge in [0.15, 0.2) is 0 Å². The lowest BCUT2D eigenvalue weighted by Gasteiger charge is -2.21. The molecule has 4 heteroatoms. The lowest BCUT2D eigenvalue weighted by Crippen LogP contribution is -2.30. The minimum absolute atomic E-state index is 0.411. The number of rotatable bonds is 7. The predicted molar refractivity (Wildman–Crippen MR) is 87.0 cm³/mol. The highest BCUT2D eigenvalue weighted by atomic mass is 32.1. The molecule has 0 amide bonds. The molecule has 0 radical (unpaired) electrons. The summed E-state index contributed by atoms with van der Waals surface area (Å²) in [7, 11) is 3.80. The molecule has 0 saturated carbocycles. The molecule has 1 atom stereocenters. The number of methoxy groups -OCH3 is 1. The summed E-state index contributed by atoms with van der Waals surface area (Å²) in [6.45, 7) is 4.12. The summed E-state index contributed by atoms with van der Waals surface area (Å²) < 4.78 is 5.26. The van der Waals surface area contributed by atoms with Gasteiger partial charge >= 0.3 is 0 Å². The van der Waals surface area contributed by atoms with E-state index in [2.05, 4.69) is 53.8 Å². The van der Waals surface area contributed by atoms with Crippen LogP contribution in [0, 0.1) is 0 Å². The molecule has 0 aliphatic rings. The number of hydrogen-bond acceptors (Lipinski definition) is 4.